The van der Waals surface area contributed by atoms with E-state index in [4.69, 9.17) is 0 Å². The van der Waals surface area contributed by atoms with Crippen LogP contribution in [-0.2, 0) is 26.2 Å². The van der Waals surface area contributed by atoms with Gasteiger partial charge >= 0.3 is 0 Å². The van der Waals surface area contributed by atoms with Gasteiger partial charge in [-0.05, 0) is 50.8 Å². The Morgan fingerprint density at radius 3 is 2.19 bits per heavy atom. The van der Waals surface area contributed by atoms with Gasteiger partial charge in [0.05, 0.1) is 11.9 Å². The lowest BCUT2D eigenvalue weighted by Crippen LogP contribution is -2.50. The molecule has 0 unspecified atom stereocenters. The van der Waals surface area contributed by atoms with Gasteiger partial charge in [0.15, 0.2) is 11.6 Å². The second-order valence-electron chi connectivity index (χ2n) is 9.29. The van der Waals surface area contributed by atoms with Gasteiger partial charge in [0.1, 0.15) is 6.04 Å². The van der Waals surface area contributed by atoms with Gasteiger partial charge < -0.3 is 10.2 Å². The van der Waals surface area contributed by atoms with Crippen molar-refractivity contribution in [2.45, 2.75) is 72.0 Å². The lowest BCUT2D eigenvalue weighted by atomic mass is 10.1. The molecule has 2 rings (SSSR count). The van der Waals surface area contributed by atoms with Crippen molar-refractivity contribution in [2.75, 3.05) is 17.1 Å². The van der Waals surface area contributed by atoms with Crippen molar-refractivity contribution < 1.29 is 26.8 Å². The summed E-state index contributed by atoms with van der Waals surface area (Å²) in [5.41, 5.74) is 1.92. The largest absolute Gasteiger partial charge is 0.352 e. The molecule has 0 aliphatic carbocycles. The molecule has 1 N–H and O–H groups in total. The minimum absolute atomic E-state index is 0.0234. The number of halogens is 2. The zero-order valence-corrected chi connectivity index (χ0v) is 22.9. The van der Waals surface area contributed by atoms with Crippen LogP contribution in [-0.4, -0.2) is 50.0 Å². The van der Waals surface area contributed by atoms with Crippen molar-refractivity contribution in [1.82, 2.24) is 10.2 Å². The van der Waals surface area contributed by atoms with E-state index in [1.165, 1.54) is 11.0 Å². The molecule has 2 amide bonds. The van der Waals surface area contributed by atoms with Crippen LogP contribution in [0.3, 0.4) is 0 Å². The number of carbonyl (C=O) groups excluding carboxylic acids is 2. The van der Waals surface area contributed by atoms with E-state index in [0.717, 1.165) is 40.2 Å². The van der Waals surface area contributed by atoms with Crippen LogP contribution in [0.2, 0.25) is 0 Å². The molecule has 2 atom stereocenters. The predicted molar refractivity (Wildman–Crippen MR) is 141 cm³/mol. The van der Waals surface area contributed by atoms with Crippen molar-refractivity contribution >= 4 is 27.5 Å². The lowest BCUT2D eigenvalue weighted by Gasteiger charge is -2.32. The minimum atomic E-state index is -3.81. The number of carbonyl (C=O) groups is 2. The molecule has 0 fully saturated rings. The molecule has 0 saturated carbocycles. The number of amides is 2. The lowest BCUT2D eigenvalue weighted by molar-refractivity contribution is -0.141. The Bertz CT molecular complexity index is 1170. The Morgan fingerprint density at radius 1 is 1.00 bits per heavy atom. The molecule has 0 spiro atoms. The number of hydrogen-bond donors (Lipinski definition) is 1. The van der Waals surface area contributed by atoms with Crippen LogP contribution in [0.25, 0.3) is 0 Å². The highest BCUT2D eigenvalue weighted by Crippen LogP contribution is 2.22. The van der Waals surface area contributed by atoms with E-state index in [2.05, 4.69) is 5.32 Å². The molecule has 0 saturated heterocycles. The smallest absolute Gasteiger partial charge is 0.243 e. The molecular weight excluding hydrogens is 500 g/mol. The molecule has 10 heteroatoms. The maximum atomic E-state index is 13.7. The van der Waals surface area contributed by atoms with Crippen LogP contribution >= 0.6 is 0 Å². The molecule has 0 aromatic heterocycles. The highest BCUT2D eigenvalue weighted by Gasteiger charge is 2.29. The van der Waals surface area contributed by atoms with Crippen molar-refractivity contribution in [1.29, 1.82) is 0 Å². The van der Waals surface area contributed by atoms with Crippen LogP contribution in [0, 0.1) is 18.6 Å². The Labute approximate surface area is 218 Å². The highest BCUT2D eigenvalue weighted by atomic mass is 32.2. The van der Waals surface area contributed by atoms with Crippen molar-refractivity contribution in [2.24, 2.45) is 0 Å². The summed E-state index contributed by atoms with van der Waals surface area (Å²) in [6.45, 7) is 7.78. The Kier molecular flexibility index (Phi) is 11.0. The molecule has 2 aromatic rings. The second kappa shape index (κ2) is 13.5. The molecule has 204 valence electrons. The van der Waals surface area contributed by atoms with Gasteiger partial charge in [-0.2, -0.15) is 0 Å². The number of hydrogen-bond acceptors (Lipinski definition) is 4. The number of benzene rings is 2. The number of aryl methyl sites for hydroxylation is 1. The third-order valence-electron chi connectivity index (χ3n) is 6.20. The second-order valence-corrected chi connectivity index (χ2v) is 11.2. The fourth-order valence-electron chi connectivity index (χ4n) is 3.89. The van der Waals surface area contributed by atoms with Crippen LogP contribution in [0.4, 0.5) is 14.5 Å². The van der Waals surface area contributed by atoms with Gasteiger partial charge in [0.25, 0.3) is 0 Å². The number of rotatable bonds is 13. The summed E-state index contributed by atoms with van der Waals surface area (Å²) in [5, 5.41) is 2.95. The molecule has 37 heavy (non-hydrogen) atoms. The van der Waals surface area contributed by atoms with E-state index in [0.29, 0.717) is 6.42 Å². The molecular formula is C27H37F2N3O4S. The van der Waals surface area contributed by atoms with Crippen LogP contribution in [0.1, 0.15) is 57.6 Å². The zero-order valence-electron chi connectivity index (χ0n) is 22.1. The van der Waals surface area contributed by atoms with Crippen LogP contribution < -0.4 is 9.62 Å². The first-order chi connectivity index (χ1) is 17.4. The average Bonchev–Trinajstić information content (AvgIpc) is 2.83. The monoisotopic (exact) mass is 537 g/mol. The van der Waals surface area contributed by atoms with Gasteiger partial charge in [-0.15, -0.1) is 0 Å². The third kappa shape index (κ3) is 8.80. The summed E-state index contributed by atoms with van der Waals surface area (Å²) < 4.78 is 52.7. The zero-order chi connectivity index (χ0) is 27.8. The van der Waals surface area contributed by atoms with E-state index in [1.807, 2.05) is 52.0 Å². The molecule has 7 nitrogen and oxygen atoms in total. The third-order valence-corrected chi connectivity index (χ3v) is 7.40. The maximum Gasteiger partial charge on any atom is 0.243 e. The topological polar surface area (TPSA) is 86.8 Å². The first kappa shape index (κ1) is 30.2. The van der Waals surface area contributed by atoms with Gasteiger partial charge in [0.2, 0.25) is 21.8 Å². The van der Waals surface area contributed by atoms with E-state index in [1.54, 1.807) is 0 Å². The van der Waals surface area contributed by atoms with E-state index >= 15 is 0 Å². The standard InChI is InChI=1S/C27H37F2N3O4S/c1-6-20(4)30-27(34)25(7-2)31(18-21-12-10-19(3)11-13-21)26(33)9-8-16-32(37(5,35)36)22-14-15-23(28)24(29)17-22/h10-15,17,20,25H,6-9,16,18H2,1-5H3,(H,30,34)/t20-,25+/m0/s1. The molecule has 0 heterocycles. The van der Waals surface area contributed by atoms with Gasteiger partial charge in [-0.3, -0.25) is 13.9 Å². The van der Waals surface area contributed by atoms with E-state index in [9.17, 15) is 26.8 Å². The first-order valence-electron chi connectivity index (χ1n) is 12.5. The normalized spacial score (nSPS) is 13.1. The van der Waals surface area contributed by atoms with Gasteiger partial charge in [0, 0.05) is 31.6 Å². The van der Waals surface area contributed by atoms with Crippen LogP contribution in [0.15, 0.2) is 42.5 Å². The Balaban J connectivity index is 2.23. The van der Waals surface area contributed by atoms with Crippen molar-refractivity contribution in [3.63, 3.8) is 0 Å². The maximum absolute atomic E-state index is 13.7. The summed E-state index contributed by atoms with van der Waals surface area (Å²) in [6.07, 6.45) is 2.21. The quantitative estimate of drug-likeness (QED) is 0.406. The highest BCUT2D eigenvalue weighted by molar-refractivity contribution is 7.92. The minimum Gasteiger partial charge on any atom is -0.352 e. The fraction of sp³-hybridized carbons (Fsp3) is 0.481. The summed E-state index contributed by atoms with van der Waals surface area (Å²) in [6, 6.07) is 9.79. The molecule has 2 aromatic carbocycles. The molecule has 0 aliphatic heterocycles. The molecule has 0 radical (unpaired) electrons. The predicted octanol–water partition coefficient (Wildman–Crippen LogP) is 4.54. The Hall–Kier alpha value is -3.01. The van der Waals surface area contributed by atoms with Gasteiger partial charge in [-0.1, -0.05) is 43.7 Å². The molecule has 0 bridgehead atoms. The summed E-state index contributed by atoms with van der Waals surface area (Å²) >= 11 is 0. The number of anilines is 1. The summed E-state index contributed by atoms with van der Waals surface area (Å²) in [5.74, 6) is -2.78. The van der Waals surface area contributed by atoms with Crippen molar-refractivity contribution in [3.8, 4) is 0 Å². The Morgan fingerprint density at radius 2 is 1.65 bits per heavy atom. The fourth-order valence-corrected chi connectivity index (χ4v) is 4.85. The SMILES string of the molecule is CC[C@H](C(=O)N[C@@H](C)CC)N(Cc1ccc(C)cc1)C(=O)CCCN(c1ccc(F)c(F)c1)S(C)(=O)=O. The number of sulfonamides is 1. The molecule has 0 aliphatic rings. The van der Waals surface area contributed by atoms with E-state index < -0.39 is 27.7 Å². The van der Waals surface area contributed by atoms with E-state index in [-0.39, 0.29) is 49.5 Å². The van der Waals surface area contributed by atoms with Crippen molar-refractivity contribution in [3.05, 3.63) is 65.2 Å². The average molecular weight is 538 g/mol. The number of nitrogens with zero attached hydrogens (tertiary/aromatic N) is 2. The summed E-state index contributed by atoms with van der Waals surface area (Å²) in [4.78, 5) is 28.0. The number of nitrogens with one attached hydrogen (secondary N) is 1. The first-order valence-corrected chi connectivity index (χ1v) is 14.3. The summed E-state index contributed by atoms with van der Waals surface area (Å²) in [7, 11) is -3.81. The van der Waals surface area contributed by atoms with Gasteiger partial charge in [-0.25, -0.2) is 17.2 Å². The van der Waals surface area contributed by atoms with Crippen LogP contribution in [0.5, 0.6) is 0 Å².